The highest BCUT2D eigenvalue weighted by Crippen LogP contribution is 2.25. The lowest BCUT2D eigenvalue weighted by atomic mass is 10.1. The first-order valence-corrected chi connectivity index (χ1v) is 12.2. The molecule has 3 aromatic carbocycles. The Morgan fingerprint density at radius 3 is 2.47 bits per heavy atom. The second-order valence-corrected chi connectivity index (χ2v) is 9.27. The van der Waals surface area contributed by atoms with Crippen LogP contribution in [0.3, 0.4) is 0 Å². The molecule has 0 saturated carbocycles. The maximum absolute atomic E-state index is 13.5. The van der Waals surface area contributed by atoms with Crippen molar-refractivity contribution in [3.8, 4) is 5.69 Å². The monoisotopic (exact) mass is 468 g/mol. The van der Waals surface area contributed by atoms with Gasteiger partial charge in [0.1, 0.15) is 0 Å². The normalized spacial score (nSPS) is 11.4. The molecule has 0 aliphatic carbocycles. The SMILES string of the molecule is CCc1ccc(C(=O)CSc2nnc3n(-c4ccc(C)cc4C)c(=O)c4ccccc4n23)cc1. The molecule has 5 aromatic rings. The molecule has 6 nitrogen and oxygen atoms in total. The molecule has 0 spiro atoms. The van der Waals surface area contributed by atoms with Gasteiger partial charge in [-0.1, -0.05) is 72.8 Å². The van der Waals surface area contributed by atoms with Gasteiger partial charge in [0, 0.05) is 5.56 Å². The number of ketones is 1. The number of nitrogens with zero attached hydrogens (tertiary/aromatic N) is 4. The first kappa shape index (κ1) is 22.1. The van der Waals surface area contributed by atoms with Crippen molar-refractivity contribution < 1.29 is 4.79 Å². The summed E-state index contributed by atoms with van der Waals surface area (Å²) < 4.78 is 3.48. The van der Waals surface area contributed by atoms with Crippen LogP contribution >= 0.6 is 11.8 Å². The van der Waals surface area contributed by atoms with Crippen LogP contribution in [0.2, 0.25) is 0 Å². The number of carbonyl (C=O) groups is 1. The van der Waals surface area contributed by atoms with Crippen LogP contribution in [0, 0.1) is 13.8 Å². The van der Waals surface area contributed by atoms with Gasteiger partial charge < -0.3 is 0 Å². The van der Waals surface area contributed by atoms with Gasteiger partial charge in [0.15, 0.2) is 10.9 Å². The Hall–Kier alpha value is -3.71. The summed E-state index contributed by atoms with van der Waals surface area (Å²) >= 11 is 1.33. The average molecular weight is 469 g/mol. The largest absolute Gasteiger partial charge is 0.293 e. The minimum Gasteiger partial charge on any atom is -0.293 e. The molecule has 34 heavy (non-hydrogen) atoms. The number of thioether (sulfide) groups is 1. The highest BCUT2D eigenvalue weighted by atomic mass is 32.2. The number of para-hydroxylation sites is 1. The van der Waals surface area contributed by atoms with E-state index in [0.717, 1.165) is 28.8 Å². The molecule has 0 fully saturated rings. The fraction of sp³-hybridized carbons (Fsp3) is 0.185. The lowest BCUT2D eigenvalue weighted by Gasteiger charge is -2.13. The summed E-state index contributed by atoms with van der Waals surface area (Å²) in [5.41, 5.74) is 5.31. The van der Waals surface area contributed by atoms with Crippen molar-refractivity contribution in [1.29, 1.82) is 0 Å². The second-order valence-electron chi connectivity index (χ2n) is 8.33. The predicted molar refractivity (Wildman–Crippen MR) is 136 cm³/mol. The molecule has 2 heterocycles. The maximum Gasteiger partial charge on any atom is 0.267 e. The summed E-state index contributed by atoms with van der Waals surface area (Å²) in [4.78, 5) is 26.3. The minimum absolute atomic E-state index is 0.0245. The van der Waals surface area contributed by atoms with E-state index in [-0.39, 0.29) is 17.1 Å². The van der Waals surface area contributed by atoms with Crippen LogP contribution in [0.25, 0.3) is 22.4 Å². The molecular weight excluding hydrogens is 444 g/mol. The van der Waals surface area contributed by atoms with Gasteiger partial charge in [-0.3, -0.25) is 14.0 Å². The molecule has 7 heteroatoms. The molecule has 2 aromatic heterocycles. The highest BCUT2D eigenvalue weighted by molar-refractivity contribution is 7.99. The van der Waals surface area contributed by atoms with Crippen molar-refractivity contribution in [2.45, 2.75) is 32.3 Å². The maximum atomic E-state index is 13.5. The molecule has 170 valence electrons. The number of aryl methyl sites for hydroxylation is 3. The van der Waals surface area contributed by atoms with E-state index in [1.54, 1.807) is 4.57 Å². The fourth-order valence-corrected chi connectivity index (χ4v) is 5.02. The van der Waals surface area contributed by atoms with Crippen molar-refractivity contribution in [1.82, 2.24) is 19.2 Å². The van der Waals surface area contributed by atoms with Crippen LogP contribution in [-0.4, -0.2) is 30.7 Å². The molecule has 0 atom stereocenters. The van der Waals surface area contributed by atoms with Crippen LogP contribution in [0.1, 0.15) is 34.0 Å². The van der Waals surface area contributed by atoms with E-state index in [4.69, 9.17) is 0 Å². The zero-order valence-corrected chi connectivity index (χ0v) is 20.1. The van der Waals surface area contributed by atoms with Gasteiger partial charge in [0.2, 0.25) is 5.78 Å². The summed E-state index contributed by atoms with van der Waals surface area (Å²) in [5, 5.41) is 9.90. The van der Waals surface area contributed by atoms with E-state index in [9.17, 15) is 9.59 Å². The molecule has 0 bridgehead atoms. The predicted octanol–water partition coefficient (Wildman–Crippen LogP) is 5.19. The van der Waals surface area contributed by atoms with Crippen molar-refractivity contribution >= 4 is 34.2 Å². The zero-order valence-electron chi connectivity index (χ0n) is 19.3. The number of hydrogen-bond acceptors (Lipinski definition) is 5. The molecule has 0 saturated heterocycles. The van der Waals surface area contributed by atoms with E-state index in [1.807, 2.05) is 85.0 Å². The van der Waals surface area contributed by atoms with Gasteiger partial charge in [-0.05, 0) is 49.6 Å². The van der Waals surface area contributed by atoms with E-state index in [2.05, 4.69) is 17.1 Å². The van der Waals surface area contributed by atoms with Gasteiger partial charge >= 0.3 is 0 Å². The minimum atomic E-state index is -0.147. The summed E-state index contributed by atoms with van der Waals surface area (Å²) in [6.07, 6.45) is 0.935. The summed E-state index contributed by atoms with van der Waals surface area (Å²) in [7, 11) is 0. The Labute approximate surface area is 201 Å². The van der Waals surface area contributed by atoms with E-state index in [1.165, 1.54) is 17.3 Å². The molecule has 0 unspecified atom stereocenters. The molecule has 0 aliphatic rings. The van der Waals surface area contributed by atoms with Crippen molar-refractivity contribution in [2.75, 3.05) is 5.75 Å². The number of hydrogen-bond donors (Lipinski definition) is 0. The first-order valence-electron chi connectivity index (χ1n) is 11.2. The van der Waals surface area contributed by atoms with Crippen LogP contribution in [0.4, 0.5) is 0 Å². The third-order valence-electron chi connectivity index (χ3n) is 6.00. The van der Waals surface area contributed by atoms with Crippen LogP contribution in [0.5, 0.6) is 0 Å². The quantitative estimate of drug-likeness (QED) is 0.253. The Morgan fingerprint density at radius 2 is 1.74 bits per heavy atom. The van der Waals surface area contributed by atoms with Gasteiger partial charge in [0.05, 0.1) is 22.3 Å². The second kappa shape index (κ2) is 8.91. The number of carbonyl (C=O) groups excluding carboxylic acids is 1. The highest BCUT2D eigenvalue weighted by Gasteiger charge is 2.19. The summed E-state index contributed by atoms with van der Waals surface area (Å²) in [6.45, 7) is 6.09. The van der Waals surface area contributed by atoms with Crippen LogP contribution in [0.15, 0.2) is 76.7 Å². The molecule has 0 N–H and O–H groups in total. The van der Waals surface area contributed by atoms with Crippen molar-refractivity contribution in [2.24, 2.45) is 0 Å². The Morgan fingerprint density at radius 1 is 0.971 bits per heavy atom. The van der Waals surface area contributed by atoms with Crippen molar-refractivity contribution in [3.63, 3.8) is 0 Å². The Bertz CT molecular complexity index is 1600. The van der Waals surface area contributed by atoms with Gasteiger partial charge in [-0.15, -0.1) is 10.2 Å². The van der Waals surface area contributed by atoms with Gasteiger partial charge in [-0.2, -0.15) is 0 Å². The molecule has 0 amide bonds. The van der Waals surface area contributed by atoms with E-state index in [0.29, 0.717) is 21.9 Å². The van der Waals surface area contributed by atoms with Crippen LogP contribution in [-0.2, 0) is 6.42 Å². The van der Waals surface area contributed by atoms with Crippen molar-refractivity contribution in [3.05, 3.63) is 99.3 Å². The lowest BCUT2D eigenvalue weighted by Crippen LogP contribution is -2.22. The molecular formula is C27H24N4O2S. The summed E-state index contributed by atoms with van der Waals surface area (Å²) in [5.74, 6) is 0.679. The topological polar surface area (TPSA) is 69.3 Å². The number of benzene rings is 3. The zero-order chi connectivity index (χ0) is 23.8. The number of Topliss-reactive ketones (excluding diaryl/α,β-unsaturated/α-hetero) is 1. The number of fused-ring (bicyclic) bond motifs is 3. The third kappa shape index (κ3) is 3.82. The van der Waals surface area contributed by atoms with Gasteiger partial charge in [-0.25, -0.2) is 4.57 Å². The molecule has 0 radical (unpaired) electrons. The smallest absolute Gasteiger partial charge is 0.267 e. The van der Waals surface area contributed by atoms with Crippen LogP contribution < -0.4 is 5.56 Å². The number of aromatic nitrogens is 4. The van der Waals surface area contributed by atoms with E-state index < -0.39 is 0 Å². The fourth-order valence-electron chi connectivity index (χ4n) is 4.19. The molecule has 5 rings (SSSR count). The third-order valence-corrected chi connectivity index (χ3v) is 6.93. The first-order chi connectivity index (χ1) is 16.5. The van der Waals surface area contributed by atoms with Gasteiger partial charge in [0.25, 0.3) is 5.56 Å². The Kier molecular flexibility index (Phi) is 5.79. The standard InChI is InChI=1S/C27H24N4O2S/c1-4-19-10-12-20(13-11-19)24(32)16-34-27-29-28-26-30(22-14-9-17(2)15-18(22)3)25(33)21-7-5-6-8-23(21)31(26)27/h5-15H,4,16H2,1-3H3. The van der Waals surface area contributed by atoms with E-state index >= 15 is 0 Å². The summed E-state index contributed by atoms with van der Waals surface area (Å²) in [6, 6.07) is 21.1. The Balaban J connectivity index is 1.61. The molecule has 0 aliphatic heterocycles. The lowest BCUT2D eigenvalue weighted by molar-refractivity contribution is 0.102. The number of rotatable bonds is 6. The average Bonchev–Trinajstić information content (AvgIpc) is 3.27.